The molecule has 0 bridgehead atoms. The van der Waals surface area contributed by atoms with E-state index in [2.05, 4.69) is 9.97 Å². The first-order valence-electron chi connectivity index (χ1n) is 6.56. The van der Waals surface area contributed by atoms with Crippen molar-refractivity contribution in [2.24, 2.45) is 5.14 Å². The fraction of sp³-hybridized carbons (Fsp3) is 0.0667. The highest BCUT2D eigenvalue weighted by atomic mass is 32.2. The topological polar surface area (TPSA) is 85.9 Å². The average molecular weight is 349 g/mol. The molecule has 1 aromatic carbocycles. The Morgan fingerprint density at radius 2 is 2.04 bits per heavy atom. The average Bonchev–Trinajstić information content (AvgIpc) is 2.92. The van der Waals surface area contributed by atoms with Gasteiger partial charge in [-0.1, -0.05) is 6.07 Å². The summed E-state index contributed by atoms with van der Waals surface area (Å²) in [5, 5.41) is 7.78. The van der Waals surface area contributed by atoms with Crippen LogP contribution in [-0.4, -0.2) is 18.4 Å². The SMILES string of the molecule is Cc1nc(-c2cccnc2-c2ccc(S(N)(=O)=O)c(F)c2)cs1. The highest BCUT2D eigenvalue weighted by molar-refractivity contribution is 7.89. The molecule has 0 amide bonds. The van der Waals surface area contributed by atoms with Gasteiger partial charge in [-0.2, -0.15) is 0 Å². The number of thiazole rings is 1. The van der Waals surface area contributed by atoms with Crippen molar-refractivity contribution in [1.82, 2.24) is 9.97 Å². The molecular weight excluding hydrogens is 337 g/mol. The Bertz CT molecular complexity index is 984. The summed E-state index contributed by atoms with van der Waals surface area (Å²) < 4.78 is 36.7. The summed E-state index contributed by atoms with van der Waals surface area (Å²) >= 11 is 1.50. The molecule has 3 rings (SSSR count). The minimum atomic E-state index is -4.10. The second kappa shape index (κ2) is 5.80. The van der Waals surface area contributed by atoms with Gasteiger partial charge in [0.2, 0.25) is 10.0 Å². The lowest BCUT2D eigenvalue weighted by molar-refractivity contribution is 0.568. The summed E-state index contributed by atoms with van der Waals surface area (Å²) in [5.41, 5.74) is 2.47. The van der Waals surface area contributed by atoms with E-state index in [1.54, 1.807) is 12.3 Å². The smallest absolute Gasteiger partial charge is 0.240 e. The van der Waals surface area contributed by atoms with Gasteiger partial charge < -0.3 is 0 Å². The Morgan fingerprint density at radius 3 is 2.65 bits per heavy atom. The van der Waals surface area contributed by atoms with Crippen LogP contribution in [0.25, 0.3) is 22.5 Å². The van der Waals surface area contributed by atoms with E-state index in [0.717, 1.165) is 28.4 Å². The minimum Gasteiger partial charge on any atom is -0.256 e. The molecule has 0 aliphatic rings. The molecule has 8 heteroatoms. The molecule has 0 radical (unpaired) electrons. The highest BCUT2D eigenvalue weighted by Crippen LogP contribution is 2.32. The van der Waals surface area contributed by atoms with Gasteiger partial charge in [0.25, 0.3) is 0 Å². The van der Waals surface area contributed by atoms with Crippen molar-refractivity contribution in [1.29, 1.82) is 0 Å². The van der Waals surface area contributed by atoms with Gasteiger partial charge in [-0.25, -0.2) is 22.9 Å². The molecule has 3 aromatic rings. The van der Waals surface area contributed by atoms with E-state index in [1.165, 1.54) is 17.4 Å². The van der Waals surface area contributed by atoms with Crippen LogP contribution in [0.4, 0.5) is 4.39 Å². The summed E-state index contributed by atoms with van der Waals surface area (Å²) in [6.45, 7) is 1.89. The number of pyridine rings is 1. The van der Waals surface area contributed by atoms with Gasteiger partial charge in [-0.05, 0) is 31.2 Å². The molecule has 23 heavy (non-hydrogen) atoms. The van der Waals surface area contributed by atoms with Crippen LogP contribution in [0.3, 0.4) is 0 Å². The lowest BCUT2D eigenvalue weighted by atomic mass is 10.0. The van der Waals surface area contributed by atoms with E-state index in [9.17, 15) is 12.8 Å². The second-order valence-corrected chi connectivity index (χ2v) is 7.43. The number of sulfonamides is 1. The number of halogens is 1. The second-order valence-electron chi connectivity index (χ2n) is 4.84. The van der Waals surface area contributed by atoms with E-state index in [0.29, 0.717) is 11.3 Å². The monoisotopic (exact) mass is 349 g/mol. The van der Waals surface area contributed by atoms with Crippen LogP contribution in [0.1, 0.15) is 5.01 Å². The molecule has 0 saturated carbocycles. The maximum Gasteiger partial charge on any atom is 0.240 e. The third-order valence-electron chi connectivity index (χ3n) is 3.21. The number of nitrogens with two attached hydrogens (primary N) is 1. The molecule has 2 N–H and O–H groups in total. The van der Waals surface area contributed by atoms with Crippen molar-refractivity contribution in [3.8, 4) is 22.5 Å². The molecule has 0 saturated heterocycles. The molecule has 0 fully saturated rings. The third kappa shape index (κ3) is 3.14. The Kier molecular flexibility index (Phi) is 3.97. The zero-order chi connectivity index (χ0) is 16.6. The van der Waals surface area contributed by atoms with Crippen LogP contribution < -0.4 is 5.14 Å². The maximum absolute atomic E-state index is 14.1. The van der Waals surface area contributed by atoms with Gasteiger partial charge in [-0.3, -0.25) is 4.98 Å². The molecule has 0 spiro atoms. The molecular formula is C15H12FN3O2S2. The van der Waals surface area contributed by atoms with Gasteiger partial charge in [0.1, 0.15) is 10.7 Å². The number of hydrogen-bond donors (Lipinski definition) is 1. The van der Waals surface area contributed by atoms with Gasteiger partial charge in [-0.15, -0.1) is 11.3 Å². The standard InChI is InChI=1S/C15H12FN3O2S2/c1-9-19-13(8-22-9)11-3-2-6-18-15(11)10-4-5-14(12(16)7-10)23(17,20)21/h2-8H,1H3,(H2,17,20,21). The largest absolute Gasteiger partial charge is 0.256 e. The third-order valence-corrected chi connectivity index (χ3v) is 4.93. The highest BCUT2D eigenvalue weighted by Gasteiger charge is 2.17. The van der Waals surface area contributed by atoms with Gasteiger partial charge >= 0.3 is 0 Å². The quantitative estimate of drug-likeness (QED) is 0.788. The van der Waals surface area contributed by atoms with Crippen molar-refractivity contribution >= 4 is 21.4 Å². The van der Waals surface area contributed by atoms with E-state index in [1.807, 2.05) is 18.4 Å². The number of rotatable bonds is 3. The van der Waals surface area contributed by atoms with E-state index in [4.69, 9.17) is 5.14 Å². The maximum atomic E-state index is 14.1. The van der Waals surface area contributed by atoms with Crippen LogP contribution in [0.5, 0.6) is 0 Å². The van der Waals surface area contributed by atoms with Crippen LogP contribution in [0.2, 0.25) is 0 Å². The molecule has 0 unspecified atom stereocenters. The fourth-order valence-corrected chi connectivity index (χ4v) is 3.41. The Labute approximate surface area is 136 Å². The molecule has 0 aliphatic heterocycles. The van der Waals surface area contributed by atoms with Crippen molar-refractivity contribution in [2.45, 2.75) is 11.8 Å². The Hall–Kier alpha value is -2.16. The zero-order valence-corrected chi connectivity index (χ0v) is 13.7. The van der Waals surface area contributed by atoms with Crippen LogP contribution in [0, 0.1) is 12.7 Å². The normalized spacial score (nSPS) is 11.6. The van der Waals surface area contributed by atoms with Crippen LogP contribution in [-0.2, 0) is 10.0 Å². The van der Waals surface area contributed by atoms with E-state index < -0.39 is 20.7 Å². The zero-order valence-electron chi connectivity index (χ0n) is 12.0. The van der Waals surface area contributed by atoms with Gasteiger partial charge in [0, 0.05) is 22.7 Å². The molecule has 2 heterocycles. The fourth-order valence-electron chi connectivity index (χ4n) is 2.21. The first-order chi connectivity index (χ1) is 10.9. The summed E-state index contributed by atoms with van der Waals surface area (Å²) in [6.07, 6.45) is 1.59. The first kappa shape index (κ1) is 15.7. The van der Waals surface area contributed by atoms with Crippen molar-refractivity contribution in [3.05, 3.63) is 52.7 Å². The van der Waals surface area contributed by atoms with Crippen LogP contribution >= 0.6 is 11.3 Å². The minimum absolute atomic E-state index is 0.455. The number of nitrogens with zero attached hydrogens (tertiary/aromatic N) is 2. The predicted octanol–water partition coefficient (Wildman–Crippen LogP) is 2.97. The number of aryl methyl sites for hydroxylation is 1. The first-order valence-corrected chi connectivity index (χ1v) is 8.99. The number of benzene rings is 1. The molecule has 0 aliphatic carbocycles. The van der Waals surface area contributed by atoms with Crippen molar-refractivity contribution < 1.29 is 12.8 Å². The van der Waals surface area contributed by atoms with Gasteiger partial charge in [0.05, 0.1) is 16.4 Å². The Balaban J connectivity index is 2.15. The number of aromatic nitrogens is 2. The van der Waals surface area contributed by atoms with Crippen LogP contribution in [0.15, 0.2) is 46.8 Å². The van der Waals surface area contributed by atoms with E-state index >= 15 is 0 Å². The summed E-state index contributed by atoms with van der Waals surface area (Å²) in [6, 6.07) is 7.34. The summed E-state index contributed by atoms with van der Waals surface area (Å²) in [7, 11) is -4.10. The lowest BCUT2D eigenvalue weighted by Crippen LogP contribution is -2.14. The molecule has 5 nitrogen and oxygen atoms in total. The summed E-state index contributed by atoms with van der Waals surface area (Å²) in [5.74, 6) is -0.906. The number of hydrogen-bond acceptors (Lipinski definition) is 5. The molecule has 2 aromatic heterocycles. The van der Waals surface area contributed by atoms with Crippen molar-refractivity contribution in [3.63, 3.8) is 0 Å². The number of primary sulfonamides is 1. The molecule has 0 atom stereocenters. The van der Waals surface area contributed by atoms with Gasteiger partial charge in [0.15, 0.2) is 0 Å². The predicted molar refractivity (Wildman–Crippen MR) is 86.8 cm³/mol. The summed E-state index contributed by atoms with van der Waals surface area (Å²) in [4.78, 5) is 8.16. The lowest BCUT2D eigenvalue weighted by Gasteiger charge is -2.08. The van der Waals surface area contributed by atoms with Crippen molar-refractivity contribution in [2.75, 3.05) is 0 Å². The molecule has 118 valence electrons. The Morgan fingerprint density at radius 1 is 1.26 bits per heavy atom. The van der Waals surface area contributed by atoms with E-state index in [-0.39, 0.29) is 0 Å².